The first-order valence-corrected chi connectivity index (χ1v) is 7.19. The fraction of sp³-hybridized carbons (Fsp3) is 0.818. The van der Waals surface area contributed by atoms with Crippen LogP contribution in [0.5, 0.6) is 0 Å². The molecule has 1 amide bonds. The smallest absolute Gasteiger partial charge is 0.327 e. The number of carboxylic acids is 1. The van der Waals surface area contributed by atoms with E-state index in [2.05, 4.69) is 5.32 Å². The number of morpholine rings is 1. The van der Waals surface area contributed by atoms with Crippen molar-refractivity contribution in [3.05, 3.63) is 0 Å². The molecule has 6 nitrogen and oxygen atoms in total. The number of aliphatic carboxylic acids is 1. The number of carbonyl (C=O) groups excluding carboxylic acids is 1. The highest BCUT2D eigenvalue weighted by Gasteiger charge is 2.43. The number of carbonyl (C=O) groups is 2. The summed E-state index contributed by atoms with van der Waals surface area (Å²) in [6.45, 7) is 3.65. The van der Waals surface area contributed by atoms with Gasteiger partial charge in [0.15, 0.2) is 0 Å². The Morgan fingerprint density at radius 2 is 2.33 bits per heavy atom. The second-order valence-corrected chi connectivity index (χ2v) is 5.57. The van der Waals surface area contributed by atoms with Crippen molar-refractivity contribution in [1.82, 2.24) is 10.2 Å². The molecular weight excluding hydrogens is 256 g/mol. The molecule has 3 unspecified atom stereocenters. The van der Waals surface area contributed by atoms with Gasteiger partial charge in [-0.15, -0.1) is 11.8 Å². The molecular formula is C11H18N2O4S. The minimum atomic E-state index is -0.935. The molecule has 102 valence electrons. The van der Waals surface area contributed by atoms with Crippen molar-refractivity contribution in [2.24, 2.45) is 0 Å². The lowest BCUT2D eigenvalue weighted by Gasteiger charge is -2.32. The Hall–Kier alpha value is -0.790. The average molecular weight is 274 g/mol. The van der Waals surface area contributed by atoms with E-state index in [1.54, 1.807) is 0 Å². The Labute approximate surface area is 110 Å². The number of thioether (sulfide) groups is 1. The number of carboxylic acid groups (broad SMARTS) is 1. The molecule has 2 aliphatic rings. The van der Waals surface area contributed by atoms with Crippen molar-refractivity contribution in [2.75, 3.05) is 25.4 Å². The molecule has 0 radical (unpaired) electrons. The van der Waals surface area contributed by atoms with Crippen LogP contribution >= 0.6 is 11.8 Å². The number of hydrogen-bond donors (Lipinski definition) is 2. The zero-order chi connectivity index (χ0) is 13.1. The van der Waals surface area contributed by atoms with Crippen LogP contribution in [0.4, 0.5) is 0 Å². The summed E-state index contributed by atoms with van der Waals surface area (Å²) in [6.07, 6.45) is 0.203. The third kappa shape index (κ3) is 2.62. The molecule has 2 heterocycles. The van der Waals surface area contributed by atoms with Crippen molar-refractivity contribution in [2.45, 2.75) is 30.9 Å². The molecule has 7 heteroatoms. The second kappa shape index (κ2) is 5.90. The number of rotatable bonds is 3. The molecule has 0 aliphatic carbocycles. The quantitative estimate of drug-likeness (QED) is 0.738. The third-order valence-electron chi connectivity index (χ3n) is 3.18. The normalized spacial score (nSPS) is 32.5. The third-order valence-corrected chi connectivity index (χ3v) is 4.64. The van der Waals surface area contributed by atoms with E-state index in [1.165, 1.54) is 16.7 Å². The summed E-state index contributed by atoms with van der Waals surface area (Å²) >= 11 is 1.53. The minimum Gasteiger partial charge on any atom is -0.480 e. The van der Waals surface area contributed by atoms with E-state index in [0.717, 1.165) is 13.0 Å². The standard InChI is InChI=1S/C11H18N2O4S/c1-2-9-13(7(6-18-9)11(15)16)10(14)8-5-12-3-4-17-8/h7-9,12H,2-6H2,1H3,(H,15,16). The average Bonchev–Trinajstić information content (AvgIpc) is 2.82. The van der Waals surface area contributed by atoms with Gasteiger partial charge in [-0.3, -0.25) is 4.79 Å². The van der Waals surface area contributed by atoms with E-state index in [9.17, 15) is 14.7 Å². The van der Waals surface area contributed by atoms with Gasteiger partial charge in [0.2, 0.25) is 0 Å². The van der Waals surface area contributed by atoms with E-state index in [1.807, 2.05) is 6.92 Å². The number of nitrogens with one attached hydrogen (secondary N) is 1. The first-order chi connectivity index (χ1) is 8.65. The summed E-state index contributed by atoms with van der Waals surface area (Å²) in [7, 11) is 0. The first-order valence-electron chi connectivity index (χ1n) is 6.14. The Morgan fingerprint density at radius 3 is 2.89 bits per heavy atom. The van der Waals surface area contributed by atoms with E-state index in [0.29, 0.717) is 18.9 Å². The van der Waals surface area contributed by atoms with Crippen LogP contribution in [0, 0.1) is 0 Å². The first kappa shape index (κ1) is 13.6. The van der Waals surface area contributed by atoms with Gasteiger partial charge in [-0.1, -0.05) is 6.92 Å². The molecule has 2 fully saturated rings. The van der Waals surface area contributed by atoms with Crippen molar-refractivity contribution < 1.29 is 19.4 Å². The number of hydrogen-bond acceptors (Lipinski definition) is 5. The highest BCUT2D eigenvalue weighted by molar-refractivity contribution is 8.00. The minimum absolute atomic E-state index is 0.0517. The van der Waals surface area contributed by atoms with E-state index >= 15 is 0 Å². The molecule has 0 spiro atoms. The maximum absolute atomic E-state index is 12.4. The predicted molar refractivity (Wildman–Crippen MR) is 67.4 cm³/mol. The van der Waals surface area contributed by atoms with Crippen LogP contribution in [-0.4, -0.2) is 64.9 Å². The molecule has 2 rings (SSSR count). The van der Waals surface area contributed by atoms with E-state index < -0.39 is 18.1 Å². The zero-order valence-electron chi connectivity index (χ0n) is 10.3. The number of amides is 1. The highest BCUT2D eigenvalue weighted by Crippen LogP contribution is 2.32. The lowest BCUT2D eigenvalue weighted by molar-refractivity contribution is -0.156. The monoisotopic (exact) mass is 274 g/mol. The lowest BCUT2D eigenvalue weighted by atomic mass is 10.2. The van der Waals surface area contributed by atoms with Gasteiger partial charge in [-0.2, -0.15) is 0 Å². The Kier molecular flexibility index (Phi) is 4.47. The van der Waals surface area contributed by atoms with E-state index in [4.69, 9.17) is 4.74 Å². The van der Waals surface area contributed by atoms with Crippen molar-refractivity contribution >= 4 is 23.6 Å². The lowest BCUT2D eigenvalue weighted by Crippen LogP contribution is -2.54. The van der Waals surface area contributed by atoms with Crippen molar-refractivity contribution in [3.63, 3.8) is 0 Å². The SMILES string of the molecule is CCC1SCC(C(=O)O)N1C(=O)C1CNCCO1. The Balaban J connectivity index is 2.10. The van der Waals surface area contributed by atoms with Crippen molar-refractivity contribution in [3.8, 4) is 0 Å². The number of ether oxygens (including phenoxy) is 1. The van der Waals surface area contributed by atoms with Gasteiger partial charge in [0.25, 0.3) is 5.91 Å². The molecule has 0 aromatic rings. The van der Waals surface area contributed by atoms with Gasteiger partial charge in [0.05, 0.1) is 12.0 Å². The topological polar surface area (TPSA) is 78.9 Å². The molecule has 0 aromatic heterocycles. The maximum atomic E-state index is 12.4. The summed E-state index contributed by atoms with van der Waals surface area (Å²) in [5.74, 6) is -0.679. The molecule has 2 aliphatic heterocycles. The van der Waals surface area contributed by atoms with Gasteiger partial charge in [-0.25, -0.2) is 4.79 Å². The summed E-state index contributed by atoms with van der Waals surface area (Å²) in [6, 6.07) is -0.724. The van der Waals surface area contributed by atoms with Gasteiger partial charge in [0, 0.05) is 18.8 Å². The summed E-state index contributed by atoms with van der Waals surface area (Å²) < 4.78 is 5.42. The van der Waals surface area contributed by atoms with E-state index in [-0.39, 0.29) is 11.3 Å². The molecule has 0 aromatic carbocycles. The van der Waals surface area contributed by atoms with Crippen LogP contribution in [0.1, 0.15) is 13.3 Å². The van der Waals surface area contributed by atoms with Gasteiger partial charge in [0.1, 0.15) is 12.1 Å². The van der Waals surface area contributed by atoms with Crippen LogP contribution in [0.25, 0.3) is 0 Å². The summed E-state index contributed by atoms with van der Waals surface area (Å²) in [5, 5.41) is 12.2. The predicted octanol–water partition coefficient (Wildman–Crippen LogP) is -0.260. The van der Waals surface area contributed by atoms with Gasteiger partial charge < -0.3 is 20.1 Å². The fourth-order valence-corrected chi connectivity index (χ4v) is 3.61. The molecule has 3 atom stereocenters. The van der Waals surface area contributed by atoms with Gasteiger partial charge >= 0.3 is 5.97 Å². The molecule has 0 saturated carbocycles. The van der Waals surface area contributed by atoms with Crippen LogP contribution in [0.3, 0.4) is 0 Å². The fourth-order valence-electron chi connectivity index (χ4n) is 2.25. The molecule has 2 saturated heterocycles. The zero-order valence-corrected chi connectivity index (χ0v) is 11.1. The maximum Gasteiger partial charge on any atom is 0.327 e. The molecule has 18 heavy (non-hydrogen) atoms. The van der Waals surface area contributed by atoms with Gasteiger partial charge in [-0.05, 0) is 6.42 Å². The van der Waals surface area contributed by atoms with Crippen LogP contribution in [0.15, 0.2) is 0 Å². The summed E-state index contributed by atoms with van der Waals surface area (Å²) in [4.78, 5) is 25.1. The molecule has 2 N–H and O–H groups in total. The van der Waals surface area contributed by atoms with Crippen LogP contribution in [0.2, 0.25) is 0 Å². The number of nitrogens with zero attached hydrogens (tertiary/aromatic N) is 1. The van der Waals surface area contributed by atoms with Crippen molar-refractivity contribution in [1.29, 1.82) is 0 Å². The largest absolute Gasteiger partial charge is 0.480 e. The summed E-state index contributed by atoms with van der Waals surface area (Å²) in [5.41, 5.74) is 0. The molecule has 0 bridgehead atoms. The second-order valence-electron chi connectivity index (χ2n) is 4.36. The van der Waals surface area contributed by atoms with Crippen LogP contribution < -0.4 is 5.32 Å². The Morgan fingerprint density at radius 1 is 1.56 bits per heavy atom. The Bertz CT molecular complexity index is 333. The highest BCUT2D eigenvalue weighted by atomic mass is 32.2. The van der Waals surface area contributed by atoms with Crippen LogP contribution in [-0.2, 0) is 14.3 Å².